The Morgan fingerprint density at radius 1 is 1.15 bits per heavy atom. The summed E-state index contributed by atoms with van der Waals surface area (Å²) in [7, 11) is 2.09. The van der Waals surface area contributed by atoms with Gasteiger partial charge in [0.05, 0.1) is 0 Å². The molecule has 0 spiro atoms. The van der Waals surface area contributed by atoms with Gasteiger partial charge in [0.1, 0.15) is 0 Å². The number of hydrogen-bond acceptors (Lipinski definition) is 2. The van der Waals surface area contributed by atoms with E-state index in [1.807, 2.05) is 43.3 Å². The number of carbonyl (C=O) groups excluding carboxylic acids is 1. The summed E-state index contributed by atoms with van der Waals surface area (Å²) in [5.74, 6) is -0.0448. The highest BCUT2D eigenvalue weighted by Gasteiger charge is 2.19. The highest BCUT2D eigenvalue weighted by atomic mass is 16.1. The van der Waals surface area contributed by atoms with Crippen LogP contribution in [0.1, 0.15) is 27.0 Å². The standard InChI is InChI=1S/C17H18N2O/c1-12-5-3-6-13(9-12)17(20)18-16-8-4-7-14-10-19(2)11-15(14)16/h3-9H,10-11H2,1-2H3,(H,18,20). The summed E-state index contributed by atoms with van der Waals surface area (Å²) in [6, 6.07) is 13.8. The van der Waals surface area contributed by atoms with E-state index in [1.54, 1.807) is 0 Å². The van der Waals surface area contributed by atoms with Gasteiger partial charge in [-0.15, -0.1) is 0 Å². The molecule has 0 saturated carbocycles. The molecule has 0 atom stereocenters. The van der Waals surface area contributed by atoms with E-state index < -0.39 is 0 Å². The van der Waals surface area contributed by atoms with Crippen LogP contribution >= 0.6 is 0 Å². The molecule has 1 amide bonds. The molecule has 0 aromatic heterocycles. The normalized spacial score (nSPS) is 14.1. The third kappa shape index (κ3) is 2.45. The highest BCUT2D eigenvalue weighted by molar-refractivity contribution is 6.04. The number of aryl methyl sites for hydroxylation is 1. The number of fused-ring (bicyclic) bond motifs is 1. The van der Waals surface area contributed by atoms with Crippen molar-refractivity contribution in [2.75, 3.05) is 12.4 Å². The smallest absolute Gasteiger partial charge is 0.255 e. The zero-order chi connectivity index (χ0) is 14.1. The third-order valence-electron chi connectivity index (χ3n) is 3.67. The maximum atomic E-state index is 12.3. The number of rotatable bonds is 2. The molecule has 1 aliphatic heterocycles. The molecule has 102 valence electrons. The van der Waals surface area contributed by atoms with E-state index in [0.29, 0.717) is 5.56 Å². The van der Waals surface area contributed by atoms with Crippen molar-refractivity contribution in [1.29, 1.82) is 0 Å². The van der Waals surface area contributed by atoms with Gasteiger partial charge in [0.2, 0.25) is 0 Å². The van der Waals surface area contributed by atoms with Crippen LogP contribution < -0.4 is 5.32 Å². The van der Waals surface area contributed by atoms with Crippen molar-refractivity contribution in [2.24, 2.45) is 0 Å². The Bertz CT molecular complexity index is 664. The van der Waals surface area contributed by atoms with Gasteiger partial charge in [-0.2, -0.15) is 0 Å². The maximum absolute atomic E-state index is 12.3. The first-order chi connectivity index (χ1) is 9.63. The molecule has 0 unspecified atom stereocenters. The molecule has 1 aliphatic rings. The molecule has 2 aromatic carbocycles. The molecule has 20 heavy (non-hydrogen) atoms. The van der Waals surface area contributed by atoms with E-state index in [2.05, 4.69) is 23.3 Å². The molecule has 0 bridgehead atoms. The summed E-state index contributed by atoms with van der Waals surface area (Å²) in [6.07, 6.45) is 0. The monoisotopic (exact) mass is 266 g/mol. The quantitative estimate of drug-likeness (QED) is 0.905. The largest absolute Gasteiger partial charge is 0.322 e. The predicted octanol–water partition coefficient (Wildman–Crippen LogP) is 3.19. The number of amides is 1. The van der Waals surface area contributed by atoms with Crippen LogP contribution in [-0.4, -0.2) is 17.9 Å². The van der Waals surface area contributed by atoms with E-state index in [1.165, 1.54) is 11.1 Å². The van der Waals surface area contributed by atoms with E-state index in [-0.39, 0.29) is 5.91 Å². The average molecular weight is 266 g/mol. The molecule has 3 heteroatoms. The molecule has 2 aromatic rings. The summed E-state index contributed by atoms with van der Waals surface area (Å²) in [5.41, 5.74) is 5.26. The van der Waals surface area contributed by atoms with Gasteiger partial charge in [0, 0.05) is 24.3 Å². The van der Waals surface area contributed by atoms with Crippen molar-refractivity contribution in [3.63, 3.8) is 0 Å². The van der Waals surface area contributed by atoms with E-state index in [4.69, 9.17) is 0 Å². The average Bonchev–Trinajstić information content (AvgIpc) is 2.80. The Morgan fingerprint density at radius 2 is 1.95 bits per heavy atom. The molecule has 0 fully saturated rings. The minimum absolute atomic E-state index is 0.0448. The van der Waals surface area contributed by atoms with Gasteiger partial charge in [-0.05, 0) is 43.3 Å². The van der Waals surface area contributed by atoms with Crippen LogP contribution in [0.25, 0.3) is 0 Å². The van der Waals surface area contributed by atoms with Gasteiger partial charge in [-0.1, -0.05) is 29.8 Å². The fraction of sp³-hybridized carbons (Fsp3) is 0.235. The number of nitrogens with zero attached hydrogens (tertiary/aromatic N) is 1. The minimum atomic E-state index is -0.0448. The van der Waals surface area contributed by atoms with Gasteiger partial charge in [-0.3, -0.25) is 9.69 Å². The third-order valence-corrected chi connectivity index (χ3v) is 3.67. The predicted molar refractivity (Wildman–Crippen MR) is 80.7 cm³/mol. The lowest BCUT2D eigenvalue weighted by molar-refractivity contribution is 0.102. The lowest BCUT2D eigenvalue weighted by Gasteiger charge is -2.10. The Kier molecular flexibility index (Phi) is 3.28. The second kappa shape index (κ2) is 5.10. The topological polar surface area (TPSA) is 32.3 Å². The van der Waals surface area contributed by atoms with Crippen LogP contribution in [0.2, 0.25) is 0 Å². The van der Waals surface area contributed by atoms with Crippen molar-refractivity contribution < 1.29 is 4.79 Å². The molecule has 0 saturated heterocycles. The second-order valence-electron chi connectivity index (χ2n) is 5.44. The van der Waals surface area contributed by atoms with Crippen molar-refractivity contribution in [1.82, 2.24) is 4.90 Å². The van der Waals surface area contributed by atoms with Crippen LogP contribution in [0.3, 0.4) is 0 Å². The number of anilines is 1. The number of benzene rings is 2. The lowest BCUT2D eigenvalue weighted by atomic mass is 10.1. The molecular formula is C17H18N2O. The summed E-state index contributed by atoms with van der Waals surface area (Å²) in [5, 5.41) is 3.04. The maximum Gasteiger partial charge on any atom is 0.255 e. The Labute approximate surface area is 119 Å². The summed E-state index contributed by atoms with van der Waals surface area (Å²) < 4.78 is 0. The Morgan fingerprint density at radius 3 is 2.75 bits per heavy atom. The van der Waals surface area contributed by atoms with Crippen molar-refractivity contribution >= 4 is 11.6 Å². The summed E-state index contributed by atoms with van der Waals surface area (Å²) in [6.45, 7) is 3.83. The van der Waals surface area contributed by atoms with E-state index >= 15 is 0 Å². The number of hydrogen-bond donors (Lipinski definition) is 1. The minimum Gasteiger partial charge on any atom is -0.322 e. The fourth-order valence-corrected chi connectivity index (χ4v) is 2.68. The highest BCUT2D eigenvalue weighted by Crippen LogP contribution is 2.28. The first-order valence-electron chi connectivity index (χ1n) is 6.81. The van der Waals surface area contributed by atoms with Crippen LogP contribution in [0.5, 0.6) is 0 Å². The Balaban J connectivity index is 1.86. The van der Waals surface area contributed by atoms with Crippen LogP contribution in [0.15, 0.2) is 42.5 Å². The van der Waals surface area contributed by atoms with Crippen molar-refractivity contribution in [2.45, 2.75) is 20.0 Å². The second-order valence-corrected chi connectivity index (χ2v) is 5.44. The molecular weight excluding hydrogens is 248 g/mol. The zero-order valence-electron chi connectivity index (χ0n) is 11.8. The Hall–Kier alpha value is -2.13. The van der Waals surface area contributed by atoms with Gasteiger partial charge < -0.3 is 5.32 Å². The van der Waals surface area contributed by atoms with Crippen LogP contribution in [0.4, 0.5) is 5.69 Å². The first kappa shape index (κ1) is 12.9. The van der Waals surface area contributed by atoms with Crippen LogP contribution in [-0.2, 0) is 13.1 Å². The fourth-order valence-electron chi connectivity index (χ4n) is 2.68. The van der Waals surface area contributed by atoms with Gasteiger partial charge >= 0.3 is 0 Å². The number of nitrogens with one attached hydrogen (secondary N) is 1. The lowest BCUT2D eigenvalue weighted by Crippen LogP contribution is -2.14. The van der Waals surface area contributed by atoms with Gasteiger partial charge in [0.25, 0.3) is 5.91 Å². The summed E-state index contributed by atoms with van der Waals surface area (Å²) in [4.78, 5) is 14.6. The molecule has 0 radical (unpaired) electrons. The number of carbonyl (C=O) groups is 1. The molecule has 3 rings (SSSR count). The molecule has 1 heterocycles. The SMILES string of the molecule is Cc1cccc(C(=O)Nc2cccc3c2CN(C)C3)c1. The van der Waals surface area contributed by atoms with Crippen molar-refractivity contribution in [3.8, 4) is 0 Å². The van der Waals surface area contributed by atoms with E-state index in [9.17, 15) is 4.79 Å². The summed E-state index contributed by atoms with van der Waals surface area (Å²) >= 11 is 0. The van der Waals surface area contributed by atoms with Gasteiger partial charge in [0.15, 0.2) is 0 Å². The zero-order valence-corrected chi connectivity index (χ0v) is 11.8. The first-order valence-corrected chi connectivity index (χ1v) is 6.81. The molecule has 3 nitrogen and oxygen atoms in total. The van der Waals surface area contributed by atoms with Crippen LogP contribution in [0, 0.1) is 6.92 Å². The van der Waals surface area contributed by atoms with Crippen molar-refractivity contribution in [3.05, 3.63) is 64.7 Å². The van der Waals surface area contributed by atoms with E-state index in [0.717, 1.165) is 24.3 Å². The molecule has 1 N–H and O–H groups in total. The molecule has 0 aliphatic carbocycles. The van der Waals surface area contributed by atoms with Gasteiger partial charge in [-0.25, -0.2) is 0 Å².